The number of hydrogen-bond acceptors (Lipinski definition) is 6. The van der Waals surface area contributed by atoms with Gasteiger partial charge in [-0.25, -0.2) is 4.79 Å². The minimum absolute atomic E-state index is 0.0194. The molecule has 0 aliphatic heterocycles. The van der Waals surface area contributed by atoms with Gasteiger partial charge >= 0.3 is 6.09 Å². The molecule has 1 rings (SSSR count). The lowest BCUT2D eigenvalue weighted by atomic mass is 10.1. The van der Waals surface area contributed by atoms with Crippen LogP contribution in [0.15, 0.2) is 11.6 Å². The molecule has 1 aromatic carbocycles. The molecule has 1 amide bonds. The predicted octanol–water partition coefficient (Wildman–Crippen LogP) is 5.09. The summed E-state index contributed by atoms with van der Waals surface area (Å²) in [6, 6.07) is 0. The summed E-state index contributed by atoms with van der Waals surface area (Å²) in [6.07, 6.45) is 1.09. The van der Waals surface area contributed by atoms with Gasteiger partial charge in [0.15, 0.2) is 24.0 Å². The smallest absolute Gasteiger partial charge is 0.415 e. The Labute approximate surface area is 185 Å². The second-order valence-electron chi connectivity index (χ2n) is 6.69. The maximum Gasteiger partial charge on any atom is 0.415 e. The number of hydrogen-bond donors (Lipinski definition) is 0. The second-order valence-corrected chi connectivity index (χ2v) is 8.02. The molecule has 0 aliphatic carbocycles. The van der Waals surface area contributed by atoms with E-state index in [9.17, 15) is 4.79 Å². The number of nitrogens with zero attached hydrogens (tertiary/aromatic N) is 1. The number of methoxy groups -OCH3 is 3. The Hall–Kier alpha value is -1.39. The normalized spacial score (nSPS) is 11.5. The van der Waals surface area contributed by atoms with Gasteiger partial charge in [-0.15, -0.1) is 0 Å². The van der Waals surface area contributed by atoms with Crippen LogP contribution in [0.1, 0.15) is 26.3 Å². The Balaban J connectivity index is 3.70. The van der Waals surface area contributed by atoms with Crippen molar-refractivity contribution in [3.8, 4) is 17.2 Å². The molecule has 1 aromatic rings. The number of carbonyl (C=O) groups is 1. The van der Waals surface area contributed by atoms with Crippen LogP contribution in [0.2, 0.25) is 0 Å². The van der Waals surface area contributed by atoms with Crippen LogP contribution in [0.3, 0.4) is 0 Å². The van der Waals surface area contributed by atoms with Gasteiger partial charge in [0, 0.05) is 24.8 Å². The topological polar surface area (TPSA) is 66.5 Å². The van der Waals surface area contributed by atoms with Crippen molar-refractivity contribution in [2.45, 2.75) is 33.3 Å². The molecule has 0 unspecified atom stereocenters. The molecule has 0 saturated carbocycles. The van der Waals surface area contributed by atoms with E-state index in [0.29, 0.717) is 32.1 Å². The SMILES string of the molecule is COCOc1c(I)c(N(C/C=C\Cl)C(=O)OC(C)(C)C)c(OC)c(C)c1OC. The molecule has 0 fully saturated rings. The fraction of sp³-hybridized carbons (Fsp3) is 0.526. The van der Waals surface area contributed by atoms with Crippen molar-refractivity contribution in [1.29, 1.82) is 0 Å². The van der Waals surface area contributed by atoms with Crippen LogP contribution in [0.5, 0.6) is 17.2 Å². The molecule has 0 N–H and O–H groups in total. The average molecular weight is 528 g/mol. The lowest BCUT2D eigenvalue weighted by Gasteiger charge is -2.30. The number of rotatable bonds is 8. The Morgan fingerprint density at radius 1 is 1.14 bits per heavy atom. The van der Waals surface area contributed by atoms with Crippen molar-refractivity contribution in [2.24, 2.45) is 0 Å². The van der Waals surface area contributed by atoms with Gasteiger partial charge < -0.3 is 23.7 Å². The molecule has 0 radical (unpaired) electrons. The summed E-state index contributed by atoms with van der Waals surface area (Å²) in [4.78, 5) is 14.4. The first-order valence-electron chi connectivity index (χ1n) is 8.44. The molecule has 0 saturated heterocycles. The van der Waals surface area contributed by atoms with E-state index < -0.39 is 11.7 Å². The Morgan fingerprint density at radius 3 is 2.21 bits per heavy atom. The van der Waals surface area contributed by atoms with Crippen LogP contribution in [0.4, 0.5) is 10.5 Å². The summed E-state index contributed by atoms with van der Waals surface area (Å²) in [5.74, 6) is 1.42. The zero-order valence-corrected chi connectivity index (χ0v) is 20.1. The van der Waals surface area contributed by atoms with E-state index in [1.165, 1.54) is 24.7 Å². The molecular weight excluding hydrogens is 501 g/mol. The fourth-order valence-corrected chi connectivity index (χ4v) is 3.48. The number of amides is 1. The van der Waals surface area contributed by atoms with Gasteiger partial charge in [0.05, 0.1) is 17.8 Å². The minimum Gasteiger partial charge on any atom is -0.494 e. The van der Waals surface area contributed by atoms with Crippen molar-refractivity contribution < 1.29 is 28.5 Å². The van der Waals surface area contributed by atoms with Crippen molar-refractivity contribution in [3.05, 3.63) is 20.7 Å². The number of ether oxygens (including phenoxy) is 5. The standard InChI is InChI=1S/C19H27ClINO6/c1-12-15(25-6)14(13(21)17(16(12)26-7)27-11-24-5)22(10-8-9-20)18(23)28-19(2,3)4/h8-9H,10-11H2,1-7H3/b9-8-. The third-order valence-corrected chi connectivity index (χ3v) is 4.68. The summed E-state index contributed by atoms with van der Waals surface area (Å²) >= 11 is 7.80. The third-order valence-electron chi connectivity index (χ3n) is 3.50. The van der Waals surface area contributed by atoms with E-state index in [1.807, 2.05) is 6.92 Å². The zero-order valence-electron chi connectivity index (χ0n) is 17.2. The van der Waals surface area contributed by atoms with Crippen molar-refractivity contribution in [3.63, 3.8) is 0 Å². The lowest BCUT2D eigenvalue weighted by molar-refractivity contribution is 0.0483. The fourth-order valence-electron chi connectivity index (χ4n) is 2.46. The lowest BCUT2D eigenvalue weighted by Crippen LogP contribution is -2.38. The van der Waals surface area contributed by atoms with Crippen LogP contribution >= 0.6 is 34.2 Å². The van der Waals surface area contributed by atoms with Gasteiger partial charge in [-0.3, -0.25) is 4.90 Å². The van der Waals surface area contributed by atoms with E-state index in [4.69, 9.17) is 35.3 Å². The van der Waals surface area contributed by atoms with E-state index in [2.05, 4.69) is 22.6 Å². The number of anilines is 1. The molecule has 28 heavy (non-hydrogen) atoms. The molecule has 0 atom stereocenters. The molecule has 9 heteroatoms. The molecular formula is C19H27ClINO6. The van der Waals surface area contributed by atoms with Crippen LogP contribution < -0.4 is 19.1 Å². The highest BCUT2D eigenvalue weighted by Gasteiger charge is 2.32. The highest BCUT2D eigenvalue weighted by Crippen LogP contribution is 2.49. The first-order valence-corrected chi connectivity index (χ1v) is 9.95. The van der Waals surface area contributed by atoms with Gasteiger partial charge in [0.25, 0.3) is 0 Å². The molecule has 0 heterocycles. The van der Waals surface area contributed by atoms with Gasteiger partial charge in [-0.1, -0.05) is 17.7 Å². The maximum atomic E-state index is 12.9. The summed E-state index contributed by atoms with van der Waals surface area (Å²) < 4.78 is 28.1. The zero-order chi connectivity index (χ0) is 21.5. The molecule has 0 aliphatic rings. The van der Waals surface area contributed by atoms with Crippen molar-refractivity contribution in [1.82, 2.24) is 0 Å². The largest absolute Gasteiger partial charge is 0.494 e. The molecule has 0 bridgehead atoms. The van der Waals surface area contributed by atoms with Crippen LogP contribution in [0.25, 0.3) is 0 Å². The molecule has 7 nitrogen and oxygen atoms in total. The van der Waals surface area contributed by atoms with E-state index in [0.717, 1.165) is 0 Å². The van der Waals surface area contributed by atoms with Gasteiger partial charge in [0.1, 0.15) is 11.3 Å². The third kappa shape index (κ3) is 6.05. The second kappa shape index (κ2) is 11.0. The van der Waals surface area contributed by atoms with Crippen LogP contribution in [0, 0.1) is 10.5 Å². The summed E-state index contributed by atoms with van der Waals surface area (Å²) in [7, 11) is 4.59. The van der Waals surface area contributed by atoms with Gasteiger partial charge in [-0.05, 0) is 50.3 Å². The summed E-state index contributed by atoms with van der Waals surface area (Å²) in [5, 5.41) is 0. The monoisotopic (exact) mass is 527 g/mol. The predicted molar refractivity (Wildman–Crippen MR) is 118 cm³/mol. The Morgan fingerprint density at radius 2 is 1.75 bits per heavy atom. The van der Waals surface area contributed by atoms with Crippen molar-refractivity contribution in [2.75, 3.05) is 39.6 Å². The van der Waals surface area contributed by atoms with Gasteiger partial charge in [0.2, 0.25) is 0 Å². The maximum absolute atomic E-state index is 12.9. The van der Waals surface area contributed by atoms with Crippen molar-refractivity contribution >= 4 is 46.0 Å². The summed E-state index contributed by atoms with van der Waals surface area (Å²) in [6.45, 7) is 7.42. The van der Waals surface area contributed by atoms with Crippen LogP contribution in [-0.4, -0.2) is 46.4 Å². The number of benzene rings is 1. The Bertz CT molecular complexity index is 718. The highest BCUT2D eigenvalue weighted by molar-refractivity contribution is 14.1. The minimum atomic E-state index is -0.671. The highest BCUT2D eigenvalue weighted by atomic mass is 127. The first-order chi connectivity index (χ1) is 13.1. The number of halogens is 2. The first kappa shape index (κ1) is 24.6. The van der Waals surface area contributed by atoms with E-state index in [1.54, 1.807) is 34.0 Å². The quantitative estimate of drug-likeness (QED) is 0.346. The van der Waals surface area contributed by atoms with E-state index >= 15 is 0 Å². The molecule has 0 spiro atoms. The van der Waals surface area contributed by atoms with E-state index in [-0.39, 0.29) is 13.3 Å². The number of carbonyl (C=O) groups excluding carboxylic acids is 1. The summed E-state index contributed by atoms with van der Waals surface area (Å²) in [5.41, 5.74) is 1.84. The molecule has 158 valence electrons. The average Bonchev–Trinajstić information content (AvgIpc) is 2.61. The Kier molecular flexibility index (Phi) is 9.65. The van der Waals surface area contributed by atoms with Gasteiger partial charge in [-0.2, -0.15) is 0 Å². The van der Waals surface area contributed by atoms with Crippen LogP contribution in [-0.2, 0) is 9.47 Å². The molecule has 0 aromatic heterocycles.